The highest BCUT2D eigenvalue weighted by atomic mass is 32.1. The van der Waals surface area contributed by atoms with Crippen molar-refractivity contribution in [1.82, 2.24) is 4.98 Å². The van der Waals surface area contributed by atoms with E-state index in [0.717, 1.165) is 11.3 Å². The summed E-state index contributed by atoms with van der Waals surface area (Å²) in [6, 6.07) is 4.18. The summed E-state index contributed by atoms with van der Waals surface area (Å²) in [4.78, 5) is 37.9. The highest BCUT2D eigenvalue weighted by molar-refractivity contribution is 7.14. The van der Waals surface area contributed by atoms with Crippen LogP contribution in [0.2, 0.25) is 0 Å². The Morgan fingerprint density at radius 1 is 1.43 bits per heavy atom. The number of carbonyl (C=O) groups excluding carboxylic acids is 2. The number of hydrogen-bond donors (Lipinski definition) is 1. The SMILES string of the molecule is CCOC(=O)c1csc(NC(=O)c2ccc(C)c([N+](=O)[O-])c2)n1. The van der Waals surface area contributed by atoms with Crippen LogP contribution in [0.1, 0.15) is 33.3 Å². The molecule has 0 fully saturated rings. The van der Waals surface area contributed by atoms with Gasteiger partial charge in [-0.2, -0.15) is 0 Å². The fourth-order valence-electron chi connectivity index (χ4n) is 1.75. The molecule has 1 N–H and O–H groups in total. The molecule has 0 unspecified atom stereocenters. The molecule has 1 heterocycles. The van der Waals surface area contributed by atoms with Crippen LogP contribution in [-0.2, 0) is 4.74 Å². The third-order valence-corrected chi connectivity index (χ3v) is 3.63. The standard InChI is InChI=1S/C14H13N3O5S/c1-3-22-13(19)10-7-23-14(15-10)16-12(18)9-5-4-8(2)11(6-9)17(20)21/h4-7H,3H2,1-2H3,(H,15,16,18). The summed E-state index contributed by atoms with van der Waals surface area (Å²) in [6.45, 7) is 3.49. The van der Waals surface area contributed by atoms with Gasteiger partial charge in [-0.3, -0.25) is 20.2 Å². The smallest absolute Gasteiger partial charge is 0.357 e. The van der Waals surface area contributed by atoms with Crippen LogP contribution in [-0.4, -0.2) is 28.4 Å². The van der Waals surface area contributed by atoms with Crippen molar-refractivity contribution in [2.75, 3.05) is 11.9 Å². The van der Waals surface area contributed by atoms with Gasteiger partial charge in [-0.15, -0.1) is 11.3 Å². The lowest BCUT2D eigenvalue weighted by molar-refractivity contribution is -0.385. The molecule has 1 aromatic heterocycles. The van der Waals surface area contributed by atoms with Crippen molar-refractivity contribution in [3.05, 3.63) is 50.5 Å². The molecule has 0 radical (unpaired) electrons. The third kappa shape index (κ3) is 3.89. The van der Waals surface area contributed by atoms with E-state index in [9.17, 15) is 19.7 Å². The van der Waals surface area contributed by atoms with Crippen LogP contribution in [0.5, 0.6) is 0 Å². The monoisotopic (exact) mass is 335 g/mol. The van der Waals surface area contributed by atoms with Crippen LogP contribution >= 0.6 is 11.3 Å². The Kier molecular flexibility index (Phi) is 5.02. The molecule has 23 heavy (non-hydrogen) atoms. The number of aromatic nitrogens is 1. The Hall–Kier alpha value is -2.81. The summed E-state index contributed by atoms with van der Waals surface area (Å²) < 4.78 is 4.80. The van der Waals surface area contributed by atoms with Crippen molar-refractivity contribution in [3.63, 3.8) is 0 Å². The van der Waals surface area contributed by atoms with Crippen molar-refractivity contribution >= 4 is 34.0 Å². The number of ether oxygens (including phenoxy) is 1. The van der Waals surface area contributed by atoms with Crippen molar-refractivity contribution in [1.29, 1.82) is 0 Å². The second-order valence-corrected chi connectivity index (χ2v) is 5.33. The number of nitro groups is 1. The van der Waals surface area contributed by atoms with Gasteiger partial charge in [-0.25, -0.2) is 9.78 Å². The van der Waals surface area contributed by atoms with Gasteiger partial charge in [-0.1, -0.05) is 6.07 Å². The molecule has 2 aromatic rings. The first-order valence-corrected chi connectivity index (χ1v) is 7.49. The fraction of sp³-hybridized carbons (Fsp3) is 0.214. The minimum atomic E-state index is -0.574. The average Bonchev–Trinajstić information content (AvgIpc) is 2.96. The number of nitro benzene ring substituents is 1. The van der Waals surface area contributed by atoms with Gasteiger partial charge in [-0.05, 0) is 19.9 Å². The number of aryl methyl sites for hydroxylation is 1. The maximum Gasteiger partial charge on any atom is 0.357 e. The van der Waals surface area contributed by atoms with Crippen LogP contribution in [0, 0.1) is 17.0 Å². The summed E-state index contributed by atoms with van der Waals surface area (Å²) in [6.07, 6.45) is 0. The molecule has 0 aliphatic rings. The van der Waals surface area contributed by atoms with Crippen LogP contribution in [0.25, 0.3) is 0 Å². The van der Waals surface area contributed by atoms with Crippen molar-refractivity contribution in [2.45, 2.75) is 13.8 Å². The number of hydrogen-bond acceptors (Lipinski definition) is 7. The molecular weight excluding hydrogens is 322 g/mol. The average molecular weight is 335 g/mol. The number of carbonyl (C=O) groups is 2. The maximum absolute atomic E-state index is 12.1. The summed E-state index contributed by atoms with van der Waals surface area (Å²) in [5, 5.41) is 15.1. The van der Waals surface area contributed by atoms with Gasteiger partial charge in [0.15, 0.2) is 10.8 Å². The van der Waals surface area contributed by atoms with Gasteiger partial charge in [0.25, 0.3) is 11.6 Å². The van der Waals surface area contributed by atoms with E-state index in [4.69, 9.17) is 4.74 Å². The summed E-state index contributed by atoms with van der Waals surface area (Å²) in [7, 11) is 0. The maximum atomic E-state index is 12.1. The Morgan fingerprint density at radius 2 is 2.17 bits per heavy atom. The van der Waals surface area contributed by atoms with E-state index in [2.05, 4.69) is 10.3 Å². The number of nitrogens with one attached hydrogen (secondary N) is 1. The van der Waals surface area contributed by atoms with Crippen molar-refractivity contribution < 1.29 is 19.2 Å². The molecule has 0 bridgehead atoms. The molecule has 2 rings (SSSR count). The first-order chi connectivity index (χ1) is 10.9. The molecule has 0 spiro atoms. The largest absolute Gasteiger partial charge is 0.461 e. The molecular formula is C14H13N3O5S. The van der Waals surface area contributed by atoms with E-state index in [1.165, 1.54) is 23.6 Å². The molecule has 8 nitrogen and oxygen atoms in total. The quantitative estimate of drug-likeness (QED) is 0.511. The van der Waals surface area contributed by atoms with E-state index in [-0.39, 0.29) is 28.7 Å². The summed E-state index contributed by atoms with van der Waals surface area (Å²) >= 11 is 1.06. The lowest BCUT2D eigenvalue weighted by Crippen LogP contribution is -2.13. The summed E-state index contributed by atoms with van der Waals surface area (Å²) in [5.74, 6) is -1.12. The molecule has 0 aliphatic heterocycles. The molecule has 0 atom stereocenters. The number of esters is 1. The van der Waals surface area contributed by atoms with E-state index in [0.29, 0.717) is 5.56 Å². The molecule has 1 aromatic carbocycles. The van der Waals surface area contributed by atoms with Crippen LogP contribution in [0.15, 0.2) is 23.6 Å². The predicted molar refractivity (Wildman–Crippen MR) is 83.9 cm³/mol. The zero-order valence-electron chi connectivity index (χ0n) is 12.4. The van der Waals surface area contributed by atoms with Gasteiger partial charge in [0.05, 0.1) is 11.5 Å². The lowest BCUT2D eigenvalue weighted by atomic mass is 10.1. The van der Waals surface area contributed by atoms with Crippen molar-refractivity contribution in [2.24, 2.45) is 0 Å². The fourth-order valence-corrected chi connectivity index (χ4v) is 2.42. The van der Waals surface area contributed by atoms with Gasteiger partial charge >= 0.3 is 5.97 Å². The van der Waals surface area contributed by atoms with E-state index < -0.39 is 16.8 Å². The summed E-state index contributed by atoms with van der Waals surface area (Å²) in [5.41, 5.74) is 0.562. The number of benzene rings is 1. The number of rotatable bonds is 5. The molecule has 0 saturated carbocycles. The van der Waals surface area contributed by atoms with Gasteiger partial charge in [0.2, 0.25) is 0 Å². The minimum Gasteiger partial charge on any atom is -0.461 e. The second kappa shape index (κ2) is 6.97. The van der Waals surface area contributed by atoms with Crippen molar-refractivity contribution in [3.8, 4) is 0 Å². The zero-order chi connectivity index (χ0) is 17.0. The third-order valence-electron chi connectivity index (χ3n) is 2.88. The zero-order valence-corrected chi connectivity index (χ0v) is 13.2. The van der Waals surface area contributed by atoms with Gasteiger partial charge in [0, 0.05) is 22.6 Å². The molecule has 0 saturated heterocycles. The normalized spacial score (nSPS) is 10.2. The van der Waals surface area contributed by atoms with Crippen LogP contribution < -0.4 is 5.32 Å². The predicted octanol–water partition coefficient (Wildman–Crippen LogP) is 2.79. The van der Waals surface area contributed by atoms with E-state index in [1.54, 1.807) is 13.8 Å². The van der Waals surface area contributed by atoms with E-state index in [1.807, 2.05) is 0 Å². The molecule has 1 amide bonds. The number of nitrogens with zero attached hydrogens (tertiary/aromatic N) is 2. The second-order valence-electron chi connectivity index (χ2n) is 4.47. The molecule has 0 aliphatic carbocycles. The molecule has 9 heteroatoms. The number of amides is 1. The number of anilines is 1. The Bertz CT molecular complexity index is 772. The topological polar surface area (TPSA) is 111 Å². The minimum absolute atomic E-state index is 0.0991. The number of thiazole rings is 1. The highest BCUT2D eigenvalue weighted by Crippen LogP contribution is 2.21. The first kappa shape index (κ1) is 16.6. The molecule has 120 valence electrons. The Balaban J connectivity index is 2.15. The Labute approximate surface area is 135 Å². The van der Waals surface area contributed by atoms with Gasteiger partial charge in [0.1, 0.15) is 0 Å². The first-order valence-electron chi connectivity index (χ1n) is 6.61. The van der Waals surface area contributed by atoms with Crippen LogP contribution in [0.4, 0.5) is 10.8 Å². The van der Waals surface area contributed by atoms with Gasteiger partial charge < -0.3 is 4.74 Å². The Morgan fingerprint density at radius 3 is 2.83 bits per heavy atom. The lowest BCUT2D eigenvalue weighted by Gasteiger charge is -2.03. The van der Waals surface area contributed by atoms with E-state index >= 15 is 0 Å². The highest BCUT2D eigenvalue weighted by Gasteiger charge is 2.17. The van der Waals surface area contributed by atoms with Crippen LogP contribution in [0.3, 0.4) is 0 Å².